The largest absolute Gasteiger partial charge is 0.489 e. The summed E-state index contributed by atoms with van der Waals surface area (Å²) in [6.45, 7) is 0.296. The number of carboxylic acids is 1. The van der Waals surface area contributed by atoms with Gasteiger partial charge in [0.15, 0.2) is 5.69 Å². The first kappa shape index (κ1) is 20.0. The van der Waals surface area contributed by atoms with Gasteiger partial charge in [-0.2, -0.15) is 0 Å². The third kappa shape index (κ3) is 4.49. The summed E-state index contributed by atoms with van der Waals surface area (Å²) >= 11 is 1.30. The van der Waals surface area contributed by atoms with Crippen molar-refractivity contribution in [2.45, 2.75) is 37.6 Å². The van der Waals surface area contributed by atoms with Crippen LogP contribution in [0.25, 0.3) is 0 Å². The van der Waals surface area contributed by atoms with Crippen LogP contribution in [0.5, 0.6) is 5.75 Å². The van der Waals surface area contributed by atoms with E-state index in [0.29, 0.717) is 23.8 Å². The van der Waals surface area contributed by atoms with E-state index < -0.39 is 12.1 Å². The number of carbonyl (C=O) groups is 1. The van der Waals surface area contributed by atoms with E-state index in [1.54, 1.807) is 12.1 Å². The van der Waals surface area contributed by atoms with Gasteiger partial charge in [0, 0.05) is 23.8 Å². The number of halogens is 1. The van der Waals surface area contributed by atoms with Crippen LogP contribution in [0, 0.1) is 17.7 Å². The summed E-state index contributed by atoms with van der Waals surface area (Å²) < 4.78 is 24.9. The van der Waals surface area contributed by atoms with Gasteiger partial charge in [-0.1, -0.05) is 18.2 Å². The van der Waals surface area contributed by atoms with E-state index in [9.17, 15) is 14.3 Å². The molecule has 5 atom stereocenters. The zero-order chi connectivity index (χ0) is 20.4. The fraction of sp³-hybridized carbons (Fsp3) is 0.429. The summed E-state index contributed by atoms with van der Waals surface area (Å²) in [4.78, 5) is 15.2. The number of hydrogen-bond acceptors (Lipinski definition) is 6. The highest BCUT2D eigenvalue weighted by Crippen LogP contribution is 2.46. The molecule has 0 radical (unpaired) electrons. The molecule has 1 saturated carbocycles. The zero-order valence-corrected chi connectivity index (χ0v) is 16.4. The van der Waals surface area contributed by atoms with Crippen LogP contribution >= 0.6 is 11.3 Å². The molecular weight excluding hydrogens is 397 g/mol. The lowest BCUT2D eigenvalue weighted by molar-refractivity contribution is -0.0767. The van der Waals surface area contributed by atoms with Crippen LogP contribution in [0.1, 0.15) is 40.9 Å². The highest BCUT2D eigenvalue weighted by atomic mass is 32.1. The Kier molecular flexibility index (Phi) is 5.94. The first-order chi connectivity index (χ1) is 14.0. The highest BCUT2D eigenvalue weighted by molar-refractivity contribution is 7.09. The van der Waals surface area contributed by atoms with Gasteiger partial charge in [-0.15, -0.1) is 11.3 Å². The number of benzene rings is 1. The second kappa shape index (κ2) is 8.61. The number of aromatic nitrogens is 1. The Labute approximate surface area is 171 Å². The molecule has 0 amide bonds. The lowest BCUT2D eigenvalue weighted by Crippen LogP contribution is -2.30. The Balaban J connectivity index is 1.33. The molecule has 2 aromatic rings. The maximum absolute atomic E-state index is 13.2. The molecule has 1 aromatic carbocycles. The van der Waals surface area contributed by atoms with E-state index in [4.69, 9.17) is 14.6 Å². The molecule has 1 aromatic heterocycles. The third-order valence-corrected chi connectivity index (χ3v) is 6.45. The fourth-order valence-electron chi connectivity index (χ4n) is 4.16. The second-order valence-corrected chi connectivity index (χ2v) is 8.25. The standard InChI is InChI=1S/C21H22FNO5S/c22-12-3-1-4-13(9-12)27-8-2-5-14-15-6-7-18(28-19(15)10-17(14)24)20-23-16(11-29-20)21(25)26/h1-5,9,11,14-15,17-19,24H,6-8,10H2,(H,25,26)/b5-2+/t14-,15-,17-,18-,19+/m1/s1. The van der Waals surface area contributed by atoms with E-state index in [1.165, 1.54) is 28.8 Å². The second-order valence-electron chi connectivity index (χ2n) is 7.36. The van der Waals surface area contributed by atoms with Crippen LogP contribution in [0.4, 0.5) is 4.39 Å². The van der Waals surface area contributed by atoms with Crippen LogP contribution in [0.15, 0.2) is 41.8 Å². The van der Waals surface area contributed by atoms with Crippen LogP contribution < -0.4 is 4.74 Å². The average molecular weight is 419 g/mol. The number of nitrogens with zero attached hydrogens (tertiary/aromatic N) is 1. The smallest absolute Gasteiger partial charge is 0.355 e. The van der Waals surface area contributed by atoms with Crippen LogP contribution in [0.2, 0.25) is 0 Å². The van der Waals surface area contributed by atoms with Gasteiger partial charge in [0.05, 0.1) is 12.2 Å². The molecule has 6 nitrogen and oxygen atoms in total. The molecule has 8 heteroatoms. The Bertz CT molecular complexity index is 901. The molecule has 4 rings (SSSR count). The number of carboxylic acid groups (broad SMARTS) is 1. The summed E-state index contributed by atoms with van der Waals surface area (Å²) in [6, 6.07) is 5.98. The molecule has 2 aliphatic rings. The maximum atomic E-state index is 13.2. The minimum absolute atomic E-state index is 0.0251. The van der Waals surface area contributed by atoms with Crippen LogP contribution in [-0.4, -0.2) is 40.0 Å². The van der Waals surface area contributed by atoms with Crippen molar-refractivity contribution in [2.24, 2.45) is 11.8 Å². The normalized spacial score (nSPS) is 29.1. The van der Waals surface area contributed by atoms with E-state index in [1.807, 2.05) is 12.2 Å². The number of rotatable bonds is 6. The average Bonchev–Trinajstić information content (AvgIpc) is 3.30. The molecule has 2 fully saturated rings. The Morgan fingerprint density at radius 2 is 2.28 bits per heavy atom. The number of hydrogen-bond donors (Lipinski definition) is 2. The van der Waals surface area contributed by atoms with Gasteiger partial charge < -0.3 is 19.7 Å². The van der Waals surface area contributed by atoms with Gasteiger partial charge in [0.2, 0.25) is 0 Å². The minimum atomic E-state index is -1.04. The summed E-state index contributed by atoms with van der Waals surface area (Å²) in [5.41, 5.74) is 0.0429. The molecule has 1 aliphatic carbocycles. The van der Waals surface area contributed by atoms with E-state index in [2.05, 4.69) is 4.98 Å². The molecular formula is C21H22FNO5S. The Morgan fingerprint density at radius 1 is 1.41 bits per heavy atom. The first-order valence-electron chi connectivity index (χ1n) is 9.58. The van der Waals surface area contributed by atoms with Crippen molar-refractivity contribution in [3.63, 3.8) is 0 Å². The van der Waals surface area contributed by atoms with Crippen molar-refractivity contribution in [1.29, 1.82) is 0 Å². The molecule has 2 N–H and O–H groups in total. The number of fused-ring (bicyclic) bond motifs is 1. The van der Waals surface area contributed by atoms with Gasteiger partial charge in [0.1, 0.15) is 29.3 Å². The molecule has 29 heavy (non-hydrogen) atoms. The molecule has 0 unspecified atom stereocenters. The number of ether oxygens (including phenoxy) is 2. The van der Waals surface area contributed by atoms with Gasteiger partial charge in [-0.05, 0) is 30.9 Å². The molecule has 1 aliphatic heterocycles. The van der Waals surface area contributed by atoms with E-state index >= 15 is 0 Å². The first-order valence-corrected chi connectivity index (χ1v) is 10.5. The number of thiazole rings is 1. The van der Waals surface area contributed by atoms with Gasteiger partial charge in [0.25, 0.3) is 0 Å². The topological polar surface area (TPSA) is 88.9 Å². The van der Waals surface area contributed by atoms with Crippen molar-refractivity contribution in [3.05, 3.63) is 58.3 Å². The lowest BCUT2D eigenvalue weighted by atomic mass is 9.86. The quantitative estimate of drug-likeness (QED) is 0.692. The predicted octanol–water partition coefficient (Wildman–Crippen LogP) is 3.83. The van der Waals surface area contributed by atoms with Gasteiger partial charge in [-0.25, -0.2) is 14.2 Å². The number of aliphatic hydroxyl groups excluding tert-OH is 1. The minimum Gasteiger partial charge on any atom is -0.489 e. The van der Waals surface area contributed by atoms with E-state index in [0.717, 1.165) is 12.8 Å². The van der Waals surface area contributed by atoms with Crippen LogP contribution in [0.3, 0.4) is 0 Å². The monoisotopic (exact) mass is 419 g/mol. The van der Waals surface area contributed by atoms with E-state index in [-0.39, 0.29) is 35.6 Å². The molecule has 0 spiro atoms. The summed E-state index contributed by atoms with van der Waals surface area (Å²) in [5.74, 6) is -0.741. The van der Waals surface area contributed by atoms with Crippen molar-refractivity contribution >= 4 is 17.3 Å². The molecule has 0 bridgehead atoms. The lowest BCUT2D eigenvalue weighted by Gasteiger charge is -2.33. The Hall–Kier alpha value is -2.29. The predicted molar refractivity (Wildman–Crippen MR) is 105 cm³/mol. The summed E-state index contributed by atoms with van der Waals surface area (Å²) in [6.07, 6.45) is 5.16. The van der Waals surface area contributed by atoms with Gasteiger partial charge >= 0.3 is 5.97 Å². The molecule has 154 valence electrons. The summed E-state index contributed by atoms with van der Waals surface area (Å²) in [5, 5.41) is 21.7. The fourth-order valence-corrected chi connectivity index (χ4v) is 5.02. The highest BCUT2D eigenvalue weighted by Gasteiger charge is 2.45. The van der Waals surface area contributed by atoms with Crippen molar-refractivity contribution < 1.29 is 28.9 Å². The molecule has 2 heterocycles. The van der Waals surface area contributed by atoms with Crippen molar-refractivity contribution in [1.82, 2.24) is 4.98 Å². The van der Waals surface area contributed by atoms with Crippen molar-refractivity contribution in [3.8, 4) is 5.75 Å². The third-order valence-electron chi connectivity index (χ3n) is 5.51. The summed E-state index contributed by atoms with van der Waals surface area (Å²) in [7, 11) is 0. The Morgan fingerprint density at radius 3 is 3.03 bits per heavy atom. The molecule has 1 saturated heterocycles. The van der Waals surface area contributed by atoms with Crippen molar-refractivity contribution in [2.75, 3.05) is 6.61 Å². The van der Waals surface area contributed by atoms with Crippen LogP contribution in [-0.2, 0) is 4.74 Å². The number of aliphatic hydroxyl groups is 1. The SMILES string of the molecule is O=C(O)c1csc([C@H]2CC[C@@H]3[C@@H](/C=C/COc4cccc(F)c4)[C@H](O)C[C@@H]3O2)n1. The zero-order valence-electron chi connectivity index (χ0n) is 15.6. The number of aromatic carboxylic acids is 1. The van der Waals surface area contributed by atoms with Gasteiger partial charge in [-0.3, -0.25) is 0 Å². The maximum Gasteiger partial charge on any atom is 0.355 e.